The summed E-state index contributed by atoms with van der Waals surface area (Å²) in [7, 11) is 0. The molecule has 0 N–H and O–H groups in total. The van der Waals surface area contributed by atoms with Crippen LogP contribution in [0.25, 0.3) is 0 Å². The summed E-state index contributed by atoms with van der Waals surface area (Å²) in [5.74, 6) is -2.19. The highest BCUT2D eigenvalue weighted by Gasteiger charge is 2.29. The smallest absolute Gasteiger partial charge is 0.328 e. The van der Waals surface area contributed by atoms with Gasteiger partial charge in [0.15, 0.2) is 5.92 Å². The zero-order chi connectivity index (χ0) is 13.7. The molecule has 1 atom stereocenters. The lowest BCUT2D eigenvalue weighted by Gasteiger charge is -2.09. The van der Waals surface area contributed by atoms with E-state index in [4.69, 9.17) is 21.6 Å². The fraction of sp³-hybridized carbons (Fsp3) is 0.273. The standard InChI is InChI=1S/C11H9ClN2O4/c1-2-18-11(15)9(6-13)8-5-7(12)3-4-10(8)14(16)17/h3-5,9H,2H2,1H3. The number of nitriles is 1. The predicted octanol–water partition coefficient (Wildman–Crippen LogP) is 2.42. The van der Waals surface area contributed by atoms with E-state index in [1.165, 1.54) is 12.1 Å². The molecule has 7 heteroatoms. The second-order valence-corrected chi connectivity index (χ2v) is 3.71. The Morgan fingerprint density at radius 2 is 2.33 bits per heavy atom. The summed E-state index contributed by atoms with van der Waals surface area (Å²) in [4.78, 5) is 21.7. The van der Waals surface area contributed by atoms with E-state index < -0.39 is 16.8 Å². The van der Waals surface area contributed by atoms with Gasteiger partial charge in [-0.1, -0.05) is 11.6 Å². The van der Waals surface area contributed by atoms with E-state index in [9.17, 15) is 14.9 Å². The summed E-state index contributed by atoms with van der Waals surface area (Å²) in [5.41, 5.74) is -0.396. The topological polar surface area (TPSA) is 93.2 Å². The molecule has 0 saturated heterocycles. The molecule has 94 valence electrons. The molecule has 1 rings (SSSR count). The van der Waals surface area contributed by atoms with Crippen molar-refractivity contribution in [2.45, 2.75) is 12.8 Å². The van der Waals surface area contributed by atoms with Gasteiger partial charge in [0.1, 0.15) is 0 Å². The van der Waals surface area contributed by atoms with Crippen LogP contribution in [0.15, 0.2) is 18.2 Å². The summed E-state index contributed by atoms with van der Waals surface area (Å²) < 4.78 is 4.70. The third-order valence-electron chi connectivity index (χ3n) is 2.15. The Morgan fingerprint density at radius 3 is 2.83 bits per heavy atom. The minimum Gasteiger partial charge on any atom is -0.465 e. The SMILES string of the molecule is CCOC(=O)C(C#N)c1cc(Cl)ccc1[N+](=O)[O-]. The summed E-state index contributed by atoms with van der Waals surface area (Å²) >= 11 is 5.72. The zero-order valence-electron chi connectivity index (χ0n) is 9.42. The number of esters is 1. The van der Waals surface area contributed by atoms with Crippen LogP contribution in [0.3, 0.4) is 0 Å². The molecule has 0 bridgehead atoms. The second kappa shape index (κ2) is 5.98. The molecule has 0 aromatic heterocycles. The molecule has 1 aromatic rings. The summed E-state index contributed by atoms with van der Waals surface area (Å²) in [6, 6.07) is 5.39. The first-order valence-electron chi connectivity index (χ1n) is 5.01. The minimum absolute atomic E-state index is 0.0616. The molecule has 6 nitrogen and oxygen atoms in total. The summed E-state index contributed by atoms with van der Waals surface area (Å²) in [6.45, 7) is 1.67. The average molecular weight is 269 g/mol. The molecule has 0 heterocycles. The van der Waals surface area contributed by atoms with E-state index in [-0.39, 0.29) is 22.9 Å². The van der Waals surface area contributed by atoms with Crippen LogP contribution < -0.4 is 0 Å². The van der Waals surface area contributed by atoms with Crippen LogP contribution in [-0.4, -0.2) is 17.5 Å². The number of carbonyl (C=O) groups is 1. The van der Waals surface area contributed by atoms with E-state index in [1.807, 2.05) is 0 Å². The van der Waals surface area contributed by atoms with Gasteiger partial charge in [0, 0.05) is 11.1 Å². The number of ether oxygens (including phenoxy) is 1. The molecule has 18 heavy (non-hydrogen) atoms. The minimum atomic E-state index is -1.36. The lowest BCUT2D eigenvalue weighted by Crippen LogP contribution is -2.15. The molecule has 0 amide bonds. The molecule has 0 aliphatic heterocycles. The molecule has 1 aromatic carbocycles. The zero-order valence-corrected chi connectivity index (χ0v) is 10.2. The summed E-state index contributed by atoms with van der Waals surface area (Å²) in [6.07, 6.45) is 0. The third kappa shape index (κ3) is 2.96. The fourth-order valence-corrected chi connectivity index (χ4v) is 1.58. The van der Waals surface area contributed by atoms with Crippen LogP contribution in [0.1, 0.15) is 18.4 Å². The van der Waals surface area contributed by atoms with Crippen molar-refractivity contribution in [1.82, 2.24) is 0 Å². The Balaban J connectivity index is 3.28. The number of nitro groups is 1. The molecule has 0 aliphatic rings. The second-order valence-electron chi connectivity index (χ2n) is 3.27. The highest BCUT2D eigenvalue weighted by molar-refractivity contribution is 6.30. The van der Waals surface area contributed by atoms with Gasteiger partial charge in [-0.25, -0.2) is 0 Å². The maximum atomic E-state index is 11.6. The van der Waals surface area contributed by atoms with E-state index in [1.54, 1.807) is 13.0 Å². The predicted molar refractivity (Wildman–Crippen MR) is 63.1 cm³/mol. The van der Waals surface area contributed by atoms with Crippen molar-refractivity contribution in [3.63, 3.8) is 0 Å². The molecular formula is C11H9ClN2O4. The van der Waals surface area contributed by atoms with Crippen molar-refractivity contribution in [2.75, 3.05) is 6.61 Å². The van der Waals surface area contributed by atoms with Gasteiger partial charge in [0.2, 0.25) is 0 Å². The average Bonchev–Trinajstić information content (AvgIpc) is 2.30. The van der Waals surface area contributed by atoms with Crippen molar-refractivity contribution in [2.24, 2.45) is 0 Å². The molecule has 0 fully saturated rings. The first-order valence-corrected chi connectivity index (χ1v) is 5.39. The van der Waals surface area contributed by atoms with Gasteiger partial charge in [0.05, 0.1) is 23.2 Å². The Kier molecular flexibility index (Phi) is 4.63. The largest absolute Gasteiger partial charge is 0.465 e. The van der Waals surface area contributed by atoms with Crippen molar-refractivity contribution < 1.29 is 14.5 Å². The molecule has 1 unspecified atom stereocenters. The molecular weight excluding hydrogens is 260 g/mol. The third-order valence-corrected chi connectivity index (χ3v) is 2.38. The van der Waals surface area contributed by atoms with Gasteiger partial charge in [-0.3, -0.25) is 14.9 Å². The van der Waals surface area contributed by atoms with Crippen LogP contribution >= 0.6 is 11.6 Å². The maximum absolute atomic E-state index is 11.6. The van der Waals surface area contributed by atoms with E-state index in [0.717, 1.165) is 6.07 Å². The van der Waals surface area contributed by atoms with Gasteiger partial charge in [-0.05, 0) is 19.1 Å². The van der Waals surface area contributed by atoms with Crippen LogP contribution in [0.4, 0.5) is 5.69 Å². The number of carbonyl (C=O) groups excluding carboxylic acids is 1. The number of hydrogen-bond donors (Lipinski definition) is 0. The number of benzene rings is 1. The highest BCUT2D eigenvalue weighted by atomic mass is 35.5. The van der Waals surface area contributed by atoms with E-state index in [0.29, 0.717) is 0 Å². The van der Waals surface area contributed by atoms with Crippen molar-refractivity contribution in [1.29, 1.82) is 5.26 Å². The van der Waals surface area contributed by atoms with Gasteiger partial charge in [-0.15, -0.1) is 0 Å². The number of nitrogens with zero attached hydrogens (tertiary/aromatic N) is 2. The Morgan fingerprint density at radius 1 is 1.67 bits per heavy atom. The number of hydrogen-bond acceptors (Lipinski definition) is 5. The van der Waals surface area contributed by atoms with Crippen LogP contribution in [0.5, 0.6) is 0 Å². The first-order chi connectivity index (χ1) is 8.51. The lowest BCUT2D eigenvalue weighted by atomic mass is 9.99. The monoisotopic (exact) mass is 268 g/mol. The number of rotatable bonds is 4. The Labute approximate surface area is 108 Å². The number of halogens is 1. The van der Waals surface area contributed by atoms with Gasteiger partial charge in [0.25, 0.3) is 5.69 Å². The van der Waals surface area contributed by atoms with Crippen LogP contribution in [0, 0.1) is 21.4 Å². The van der Waals surface area contributed by atoms with Gasteiger partial charge in [-0.2, -0.15) is 5.26 Å². The lowest BCUT2D eigenvalue weighted by molar-refractivity contribution is -0.385. The van der Waals surface area contributed by atoms with Gasteiger partial charge >= 0.3 is 5.97 Å². The van der Waals surface area contributed by atoms with Crippen molar-refractivity contribution in [3.8, 4) is 6.07 Å². The summed E-state index contributed by atoms with van der Waals surface area (Å²) in [5, 5.41) is 20.0. The molecule has 0 spiro atoms. The maximum Gasteiger partial charge on any atom is 0.328 e. The molecule has 0 aliphatic carbocycles. The van der Waals surface area contributed by atoms with Crippen LogP contribution in [-0.2, 0) is 9.53 Å². The Bertz CT molecular complexity index is 524. The van der Waals surface area contributed by atoms with Crippen molar-refractivity contribution in [3.05, 3.63) is 38.9 Å². The van der Waals surface area contributed by atoms with Crippen LogP contribution in [0.2, 0.25) is 5.02 Å². The van der Waals surface area contributed by atoms with E-state index >= 15 is 0 Å². The first kappa shape index (κ1) is 13.9. The number of nitro benzene ring substituents is 1. The molecule has 0 saturated carbocycles. The molecule has 0 radical (unpaired) electrons. The quantitative estimate of drug-likeness (QED) is 0.475. The van der Waals surface area contributed by atoms with Crippen molar-refractivity contribution >= 4 is 23.3 Å². The van der Waals surface area contributed by atoms with E-state index in [2.05, 4.69) is 0 Å². The fourth-order valence-electron chi connectivity index (χ4n) is 1.40. The normalized spacial score (nSPS) is 11.4. The Hall–Kier alpha value is -2.13. The van der Waals surface area contributed by atoms with Gasteiger partial charge < -0.3 is 4.74 Å². The highest BCUT2D eigenvalue weighted by Crippen LogP contribution is 2.30.